The molecule has 0 aromatic rings. The molecule has 0 aliphatic carbocycles. The first kappa shape index (κ1) is 10.9. The molecule has 2 heteroatoms. The minimum Gasteiger partial charge on any atom is -0.379 e. The average Bonchev–Trinajstić information content (AvgIpc) is 1.98. The van der Waals surface area contributed by atoms with Crippen molar-refractivity contribution in [3.63, 3.8) is 0 Å². The molecular formula is C9H21NO. The second-order valence-corrected chi connectivity index (χ2v) is 3.24. The largest absolute Gasteiger partial charge is 0.379 e. The van der Waals surface area contributed by atoms with Crippen molar-refractivity contribution < 1.29 is 5.11 Å². The number of aliphatic hydroxyl groups is 1. The van der Waals surface area contributed by atoms with E-state index in [4.69, 9.17) is 5.11 Å². The van der Waals surface area contributed by atoms with Gasteiger partial charge in [-0.05, 0) is 19.3 Å². The molecule has 0 amide bonds. The van der Waals surface area contributed by atoms with Crippen molar-refractivity contribution in [2.75, 3.05) is 0 Å². The van der Waals surface area contributed by atoms with Crippen LogP contribution in [0, 0.1) is 5.92 Å². The van der Waals surface area contributed by atoms with Crippen molar-refractivity contribution >= 4 is 0 Å². The molecule has 0 aromatic carbocycles. The maximum atomic E-state index is 9.09. The van der Waals surface area contributed by atoms with Crippen LogP contribution in [0.2, 0.25) is 0 Å². The second kappa shape index (κ2) is 5.56. The van der Waals surface area contributed by atoms with Gasteiger partial charge in [0.1, 0.15) is 6.23 Å². The highest BCUT2D eigenvalue weighted by molar-refractivity contribution is 4.70. The number of hydrogen-bond donors (Lipinski definition) is 2. The van der Waals surface area contributed by atoms with Crippen LogP contribution in [0.25, 0.3) is 0 Å². The van der Waals surface area contributed by atoms with Gasteiger partial charge in [-0.3, -0.25) is 5.32 Å². The van der Waals surface area contributed by atoms with Gasteiger partial charge < -0.3 is 5.11 Å². The highest BCUT2D eigenvalue weighted by Gasteiger charge is 2.13. The molecule has 0 bridgehead atoms. The Morgan fingerprint density at radius 2 is 1.73 bits per heavy atom. The first-order valence-electron chi connectivity index (χ1n) is 4.55. The van der Waals surface area contributed by atoms with E-state index in [1.165, 1.54) is 0 Å². The quantitative estimate of drug-likeness (QED) is 0.599. The third-order valence-electron chi connectivity index (χ3n) is 2.23. The molecule has 0 radical (unpaired) electrons. The van der Waals surface area contributed by atoms with E-state index in [2.05, 4.69) is 26.1 Å². The summed E-state index contributed by atoms with van der Waals surface area (Å²) in [6.45, 7) is 8.30. The van der Waals surface area contributed by atoms with Crippen molar-refractivity contribution in [1.82, 2.24) is 5.32 Å². The zero-order chi connectivity index (χ0) is 8.85. The van der Waals surface area contributed by atoms with Gasteiger partial charge in [-0.1, -0.05) is 27.2 Å². The van der Waals surface area contributed by atoms with Gasteiger partial charge in [0.25, 0.3) is 0 Å². The molecule has 2 nitrogen and oxygen atoms in total. The molecule has 0 aliphatic rings. The minimum atomic E-state index is -0.381. The van der Waals surface area contributed by atoms with Crippen LogP contribution >= 0.6 is 0 Å². The molecule has 3 atom stereocenters. The third-order valence-corrected chi connectivity index (χ3v) is 2.23. The Morgan fingerprint density at radius 1 is 1.18 bits per heavy atom. The number of hydrogen-bond acceptors (Lipinski definition) is 2. The lowest BCUT2D eigenvalue weighted by atomic mass is 9.97. The Hall–Kier alpha value is -0.0800. The van der Waals surface area contributed by atoms with Crippen molar-refractivity contribution in [3.05, 3.63) is 0 Å². The summed E-state index contributed by atoms with van der Waals surface area (Å²) in [5.74, 6) is 0.648. The topological polar surface area (TPSA) is 32.3 Å². The van der Waals surface area contributed by atoms with Gasteiger partial charge in [-0.2, -0.15) is 0 Å². The van der Waals surface area contributed by atoms with Gasteiger partial charge in [0.15, 0.2) is 0 Å². The maximum Gasteiger partial charge on any atom is 0.102 e. The highest BCUT2D eigenvalue weighted by Crippen LogP contribution is 2.10. The van der Waals surface area contributed by atoms with E-state index in [0.29, 0.717) is 12.0 Å². The van der Waals surface area contributed by atoms with Gasteiger partial charge >= 0.3 is 0 Å². The van der Waals surface area contributed by atoms with Gasteiger partial charge in [-0.15, -0.1) is 0 Å². The minimum absolute atomic E-state index is 0.381. The molecule has 0 spiro atoms. The Labute approximate surface area is 70.0 Å². The van der Waals surface area contributed by atoms with E-state index in [9.17, 15) is 0 Å². The van der Waals surface area contributed by atoms with Crippen LogP contribution in [0.5, 0.6) is 0 Å². The standard InChI is InChI=1S/C9H21NO/c1-5-7(3)9(6-2)10-8(4)11/h7-11H,5-6H2,1-4H3. The molecule has 3 unspecified atom stereocenters. The molecule has 0 heterocycles. The molecule has 0 saturated carbocycles. The highest BCUT2D eigenvalue weighted by atomic mass is 16.3. The molecular weight excluding hydrogens is 138 g/mol. The zero-order valence-electron chi connectivity index (χ0n) is 8.09. The van der Waals surface area contributed by atoms with Gasteiger partial charge in [0, 0.05) is 6.04 Å². The fraction of sp³-hybridized carbons (Fsp3) is 1.00. The Kier molecular flexibility index (Phi) is 5.51. The maximum absolute atomic E-state index is 9.09. The van der Waals surface area contributed by atoms with Crippen molar-refractivity contribution in [1.29, 1.82) is 0 Å². The molecule has 0 saturated heterocycles. The van der Waals surface area contributed by atoms with E-state index < -0.39 is 0 Å². The summed E-state index contributed by atoms with van der Waals surface area (Å²) in [5.41, 5.74) is 0. The molecule has 11 heavy (non-hydrogen) atoms. The summed E-state index contributed by atoms with van der Waals surface area (Å²) in [4.78, 5) is 0. The van der Waals surface area contributed by atoms with Crippen LogP contribution in [0.15, 0.2) is 0 Å². The van der Waals surface area contributed by atoms with E-state index in [1.54, 1.807) is 6.92 Å². The lowest BCUT2D eigenvalue weighted by molar-refractivity contribution is 0.125. The van der Waals surface area contributed by atoms with Crippen molar-refractivity contribution in [3.8, 4) is 0 Å². The van der Waals surface area contributed by atoms with Crippen LogP contribution in [0.1, 0.15) is 40.5 Å². The summed E-state index contributed by atoms with van der Waals surface area (Å²) in [6, 6.07) is 0.458. The third kappa shape index (κ3) is 4.38. The molecule has 0 fully saturated rings. The summed E-state index contributed by atoms with van der Waals surface area (Å²) in [7, 11) is 0. The fourth-order valence-electron chi connectivity index (χ4n) is 1.28. The van der Waals surface area contributed by atoms with Crippen molar-refractivity contribution in [2.45, 2.75) is 52.8 Å². The zero-order valence-corrected chi connectivity index (χ0v) is 8.09. The van der Waals surface area contributed by atoms with E-state index in [-0.39, 0.29) is 6.23 Å². The Morgan fingerprint density at radius 3 is 2.00 bits per heavy atom. The monoisotopic (exact) mass is 159 g/mol. The summed E-state index contributed by atoms with van der Waals surface area (Å²) >= 11 is 0. The predicted octanol–water partition coefficient (Wildman–Crippen LogP) is 1.74. The smallest absolute Gasteiger partial charge is 0.102 e. The van der Waals surface area contributed by atoms with Gasteiger partial charge in [-0.25, -0.2) is 0 Å². The number of rotatable bonds is 5. The Bertz CT molecular complexity index is 93.6. The molecule has 0 aliphatic heterocycles. The molecule has 0 aromatic heterocycles. The summed E-state index contributed by atoms with van der Waals surface area (Å²) in [6.07, 6.45) is 1.87. The average molecular weight is 159 g/mol. The van der Waals surface area contributed by atoms with E-state index in [0.717, 1.165) is 12.8 Å². The lowest BCUT2D eigenvalue weighted by Gasteiger charge is -2.24. The number of aliphatic hydroxyl groups excluding tert-OH is 1. The Balaban J connectivity index is 3.74. The normalized spacial score (nSPS) is 19.4. The van der Waals surface area contributed by atoms with Crippen LogP contribution < -0.4 is 5.32 Å². The first-order chi connectivity index (χ1) is 5.11. The molecule has 0 rings (SSSR count). The van der Waals surface area contributed by atoms with Gasteiger partial charge in [0.2, 0.25) is 0 Å². The first-order valence-corrected chi connectivity index (χ1v) is 4.55. The number of nitrogens with one attached hydrogen (secondary N) is 1. The fourth-order valence-corrected chi connectivity index (χ4v) is 1.28. The van der Waals surface area contributed by atoms with Gasteiger partial charge in [0.05, 0.1) is 0 Å². The predicted molar refractivity (Wildman–Crippen MR) is 48.4 cm³/mol. The molecule has 2 N–H and O–H groups in total. The van der Waals surface area contributed by atoms with Crippen molar-refractivity contribution in [2.24, 2.45) is 5.92 Å². The second-order valence-electron chi connectivity index (χ2n) is 3.24. The van der Waals surface area contributed by atoms with Crippen LogP contribution in [-0.4, -0.2) is 17.4 Å². The summed E-state index contributed by atoms with van der Waals surface area (Å²) < 4.78 is 0. The SMILES string of the molecule is CCC(C)C(CC)NC(C)O. The molecule has 68 valence electrons. The van der Waals surface area contributed by atoms with Crippen LogP contribution in [0.3, 0.4) is 0 Å². The van der Waals surface area contributed by atoms with Crippen LogP contribution in [0.4, 0.5) is 0 Å². The summed E-state index contributed by atoms with van der Waals surface area (Å²) in [5, 5.41) is 12.2. The lowest BCUT2D eigenvalue weighted by Crippen LogP contribution is -2.40. The van der Waals surface area contributed by atoms with Crippen LogP contribution in [-0.2, 0) is 0 Å². The van der Waals surface area contributed by atoms with E-state index in [1.807, 2.05) is 0 Å². The van der Waals surface area contributed by atoms with E-state index >= 15 is 0 Å².